The van der Waals surface area contributed by atoms with E-state index in [9.17, 15) is 9.59 Å². The maximum absolute atomic E-state index is 11.1. The number of allylic oxidation sites excluding steroid dienone is 4. The minimum atomic E-state index is -0.270. The zero-order valence-corrected chi connectivity index (χ0v) is 7.04. The number of rotatable bonds is 2. The van der Waals surface area contributed by atoms with Crippen LogP contribution in [0.1, 0.15) is 6.42 Å². The molecule has 0 aliphatic carbocycles. The highest BCUT2D eigenvalue weighted by Gasteiger charge is 2.18. The normalized spacial score (nSPS) is 20.2. The van der Waals surface area contributed by atoms with Crippen molar-refractivity contribution in [2.24, 2.45) is 0 Å². The van der Waals surface area contributed by atoms with E-state index < -0.39 is 0 Å². The minimum absolute atomic E-state index is 0.118. The van der Waals surface area contributed by atoms with Crippen molar-refractivity contribution < 1.29 is 9.59 Å². The average molecular weight is 178 g/mol. The van der Waals surface area contributed by atoms with Crippen LogP contribution in [0.2, 0.25) is 0 Å². The summed E-state index contributed by atoms with van der Waals surface area (Å²) >= 11 is 0. The summed E-state index contributed by atoms with van der Waals surface area (Å²) in [4.78, 5) is 21.9. The number of hydrazine groups is 1. The SMILES string of the molecule is C=C/C=C\C=C1/CC(=O)NNC1=O. The molecule has 0 unspecified atom stereocenters. The summed E-state index contributed by atoms with van der Waals surface area (Å²) in [7, 11) is 0. The Labute approximate surface area is 76.0 Å². The topological polar surface area (TPSA) is 58.2 Å². The first-order valence-corrected chi connectivity index (χ1v) is 3.81. The van der Waals surface area contributed by atoms with Crippen LogP contribution in [0.4, 0.5) is 0 Å². The Morgan fingerprint density at radius 2 is 2.00 bits per heavy atom. The summed E-state index contributed by atoms with van der Waals surface area (Å²) in [6.07, 6.45) is 6.66. The smallest absolute Gasteiger partial charge is 0.266 e. The summed E-state index contributed by atoms with van der Waals surface area (Å²) in [5, 5.41) is 0. The van der Waals surface area contributed by atoms with Crippen LogP contribution in [0.5, 0.6) is 0 Å². The van der Waals surface area contributed by atoms with Crippen LogP contribution < -0.4 is 10.9 Å². The summed E-state index contributed by atoms with van der Waals surface area (Å²) < 4.78 is 0. The van der Waals surface area contributed by atoms with E-state index in [0.717, 1.165) is 0 Å². The first-order chi connectivity index (χ1) is 6.24. The van der Waals surface area contributed by atoms with Crippen LogP contribution in [0, 0.1) is 0 Å². The van der Waals surface area contributed by atoms with Crippen LogP contribution in [0.3, 0.4) is 0 Å². The van der Waals surface area contributed by atoms with E-state index in [1.807, 2.05) is 0 Å². The fourth-order valence-corrected chi connectivity index (χ4v) is 0.889. The second-order valence-electron chi connectivity index (χ2n) is 2.49. The lowest BCUT2D eigenvalue weighted by molar-refractivity contribution is -0.130. The molecule has 0 aromatic rings. The third-order valence-electron chi connectivity index (χ3n) is 1.50. The molecule has 1 aliphatic heterocycles. The van der Waals surface area contributed by atoms with Crippen molar-refractivity contribution in [3.8, 4) is 0 Å². The molecule has 4 nitrogen and oxygen atoms in total. The van der Waals surface area contributed by atoms with Crippen molar-refractivity contribution in [1.82, 2.24) is 10.9 Å². The van der Waals surface area contributed by atoms with E-state index in [1.165, 1.54) is 0 Å². The number of nitrogens with one attached hydrogen (secondary N) is 2. The van der Waals surface area contributed by atoms with Crippen LogP contribution in [0.25, 0.3) is 0 Å². The quantitative estimate of drug-likeness (QED) is 0.469. The third-order valence-corrected chi connectivity index (χ3v) is 1.50. The number of carbonyl (C=O) groups excluding carboxylic acids is 2. The highest BCUT2D eigenvalue weighted by Crippen LogP contribution is 2.04. The summed E-state index contributed by atoms with van der Waals surface area (Å²) in [6.45, 7) is 3.48. The molecule has 1 aliphatic rings. The van der Waals surface area contributed by atoms with Crippen LogP contribution >= 0.6 is 0 Å². The predicted molar refractivity (Wildman–Crippen MR) is 48.3 cm³/mol. The fraction of sp³-hybridized carbons (Fsp3) is 0.111. The molecule has 0 saturated carbocycles. The Hall–Kier alpha value is -1.84. The first kappa shape index (κ1) is 9.25. The van der Waals surface area contributed by atoms with Gasteiger partial charge in [0, 0.05) is 5.57 Å². The Kier molecular flexibility index (Phi) is 3.03. The molecule has 0 radical (unpaired) electrons. The van der Waals surface area contributed by atoms with Crippen molar-refractivity contribution in [1.29, 1.82) is 0 Å². The zero-order chi connectivity index (χ0) is 9.68. The lowest BCUT2D eigenvalue weighted by Crippen LogP contribution is -2.47. The van der Waals surface area contributed by atoms with Crippen molar-refractivity contribution in [3.63, 3.8) is 0 Å². The average Bonchev–Trinajstić information content (AvgIpc) is 2.11. The van der Waals surface area contributed by atoms with Crippen LogP contribution in [0.15, 0.2) is 36.5 Å². The summed E-state index contributed by atoms with van der Waals surface area (Å²) in [5.41, 5.74) is 4.92. The molecule has 1 rings (SSSR count). The molecule has 1 saturated heterocycles. The molecule has 2 amide bonds. The van der Waals surface area contributed by atoms with E-state index in [4.69, 9.17) is 0 Å². The number of hydrogen-bond donors (Lipinski definition) is 2. The van der Waals surface area contributed by atoms with E-state index in [0.29, 0.717) is 5.57 Å². The summed E-state index contributed by atoms with van der Waals surface area (Å²) in [6, 6.07) is 0. The summed E-state index contributed by atoms with van der Waals surface area (Å²) in [5.74, 6) is -0.480. The monoisotopic (exact) mass is 178 g/mol. The Morgan fingerprint density at radius 3 is 2.69 bits per heavy atom. The van der Waals surface area contributed by atoms with Crippen molar-refractivity contribution in [2.75, 3.05) is 0 Å². The molecule has 13 heavy (non-hydrogen) atoms. The van der Waals surface area contributed by atoms with Gasteiger partial charge >= 0.3 is 0 Å². The van der Waals surface area contributed by atoms with Crippen LogP contribution in [-0.4, -0.2) is 11.8 Å². The van der Waals surface area contributed by atoms with Gasteiger partial charge in [0.05, 0.1) is 6.42 Å². The van der Waals surface area contributed by atoms with Gasteiger partial charge in [-0.05, 0) is 0 Å². The van der Waals surface area contributed by atoms with Gasteiger partial charge in [-0.25, -0.2) is 0 Å². The maximum atomic E-state index is 11.1. The van der Waals surface area contributed by atoms with Gasteiger partial charge < -0.3 is 0 Å². The van der Waals surface area contributed by atoms with Crippen molar-refractivity contribution >= 4 is 11.8 Å². The molecule has 2 N–H and O–H groups in total. The van der Waals surface area contributed by atoms with Crippen molar-refractivity contribution in [2.45, 2.75) is 6.42 Å². The standard InChI is InChI=1S/C9H10N2O2/c1-2-3-4-5-7-6-8(12)10-11-9(7)13/h2-5H,1,6H2,(H,10,12)(H,11,13)/b4-3-,7-5+. The number of hydrogen-bond acceptors (Lipinski definition) is 2. The zero-order valence-electron chi connectivity index (χ0n) is 7.04. The Morgan fingerprint density at radius 1 is 1.23 bits per heavy atom. The molecule has 1 fully saturated rings. The van der Waals surface area contributed by atoms with Gasteiger partial charge in [-0.3, -0.25) is 20.4 Å². The van der Waals surface area contributed by atoms with Gasteiger partial charge in [0.1, 0.15) is 0 Å². The van der Waals surface area contributed by atoms with Gasteiger partial charge in [-0.1, -0.05) is 30.9 Å². The number of amides is 2. The lowest BCUT2D eigenvalue weighted by Gasteiger charge is -2.14. The van der Waals surface area contributed by atoms with Gasteiger partial charge in [0.15, 0.2) is 0 Å². The molecule has 0 aromatic heterocycles. The van der Waals surface area contributed by atoms with Gasteiger partial charge in [-0.2, -0.15) is 0 Å². The largest absolute Gasteiger partial charge is 0.273 e. The van der Waals surface area contributed by atoms with E-state index in [1.54, 1.807) is 24.3 Å². The highest BCUT2D eigenvalue weighted by atomic mass is 16.2. The van der Waals surface area contributed by atoms with Gasteiger partial charge in [0.2, 0.25) is 5.91 Å². The molecular weight excluding hydrogens is 168 g/mol. The molecule has 0 bridgehead atoms. The Bertz CT molecular complexity index is 303. The van der Waals surface area contributed by atoms with Crippen LogP contribution in [-0.2, 0) is 9.59 Å². The second-order valence-corrected chi connectivity index (χ2v) is 2.49. The van der Waals surface area contributed by atoms with Gasteiger partial charge in [0.25, 0.3) is 5.91 Å². The minimum Gasteiger partial charge on any atom is -0.273 e. The van der Waals surface area contributed by atoms with E-state index in [2.05, 4.69) is 17.4 Å². The number of carbonyl (C=O) groups is 2. The van der Waals surface area contributed by atoms with E-state index in [-0.39, 0.29) is 18.2 Å². The first-order valence-electron chi connectivity index (χ1n) is 3.81. The molecule has 0 aromatic carbocycles. The Balaban J connectivity index is 2.70. The van der Waals surface area contributed by atoms with Gasteiger partial charge in [-0.15, -0.1) is 0 Å². The fourth-order valence-electron chi connectivity index (χ4n) is 0.889. The molecule has 4 heteroatoms. The van der Waals surface area contributed by atoms with E-state index >= 15 is 0 Å². The molecular formula is C9H10N2O2. The molecule has 0 spiro atoms. The predicted octanol–water partition coefficient (Wildman–Crippen LogP) is 0.206. The molecule has 1 heterocycles. The second kappa shape index (κ2) is 4.25. The maximum Gasteiger partial charge on any atom is 0.266 e. The third kappa shape index (κ3) is 2.59. The van der Waals surface area contributed by atoms with Crippen molar-refractivity contribution in [3.05, 3.63) is 36.5 Å². The molecule has 0 atom stereocenters. The molecule has 68 valence electrons. The lowest BCUT2D eigenvalue weighted by atomic mass is 10.1. The highest BCUT2D eigenvalue weighted by molar-refractivity contribution is 6.02.